The molecular formula is C29H30N4O5. The number of aliphatic imine (C=N–C) groups is 2. The van der Waals surface area contributed by atoms with E-state index in [1.165, 1.54) is 5.56 Å². The average molecular weight is 515 g/mol. The zero-order chi connectivity index (χ0) is 26.9. The average Bonchev–Trinajstić information content (AvgIpc) is 2.95. The Hall–Kier alpha value is -3.97. The van der Waals surface area contributed by atoms with Crippen LogP contribution in [0.5, 0.6) is 0 Å². The summed E-state index contributed by atoms with van der Waals surface area (Å²) in [5.74, 6) is 4.08. The second-order valence-corrected chi connectivity index (χ2v) is 9.38. The van der Waals surface area contributed by atoms with Crippen molar-refractivity contribution >= 4 is 29.6 Å². The lowest BCUT2D eigenvalue weighted by molar-refractivity contribution is -0.132. The molecule has 0 spiro atoms. The van der Waals surface area contributed by atoms with Gasteiger partial charge >= 0.3 is 5.91 Å². The third-order valence-corrected chi connectivity index (χ3v) is 6.69. The van der Waals surface area contributed by atoms with Gasteiger partial charge in [0, 0.05) is 49.1 Å². The Labute approximate surface area is 221 Å². The smallest absolute Gasteiger partial charge is 0.320 e. The van der Waals surface area contributed by atoms with E-state index in [0.717, 1.165) is 55.5 Å². The maximum Gasteiger partial charge on any atom is 0.320 e. The molecule has 38 heavy (non-hydrogen) atoms. The standard InChI is InChI=1S/C29H30N4O5/c34-17-24(15-26-28(37)29(38)31-19-30-26)23-9-7-21(8-10-23)2-1-20-3-5-22(6-4-20)16-33-13-11-25(12-14-33)32-27(36)18-35/h3-10,19,24-25,34-35H,11-18H2,(H,32,36). The van der Waals surface area contributed by atoms with Crippen molar-refractivity contribution in [1.82, 2.24) is 10.2 Å². The fourth-order valence-corrected chi connectivity index (χ4v) is 4.50. The Morgan fingerprint density at radius 3 is 2.24 bits per heavy atom. The van der Waals surface area contributed by atoms with E-state index in [1.54, 1.807) is 0 Å². The molecule has 4 rings (SSSR count). The summed E-state index contributed by atoms with van der Waals surface area (Å²) in [4.78, 5) is 44.4. The van der Waals surface area contributed by atoms with E-state index in [-0.39, 0.29) is 36.6 Å². The number of piperidine rings is 1. The van der Waals surface area contributed by atoms with E-state index in [1.807, 2.05) is 36.4 Å². The Bertz CT molecular complexity index is 1280. The van der Waals surface area contributed by atoms with Crippen LogP contribution >= 0.6 is 0 Å². The van der Waals surface area contributed by atoms with Crippen LogP contribution in [-0.2, 0) is 20.9 Å². The van der Waals surface area contributed by atoms with Crippen molar-refractivity contribution in [3.8, 4) is 11.8 Å². The molecule has 0 radical (unpaired) electrons. The van der Waals surface area contributed by atoms with Crippen LogP contribution in [0.2, 0.25) is 0 Å². The van der Waals surface area contributed by atoms with Crippen LogP contribution in [0.3, 0.4) is 0 Å². The summed E-state index contributed by atoms with van der Waals surface area (Å²) in [5, 5.41) is 21.5. The van der Waals surface area contributed by atoms with E-state index >= 15 is 0 Å². The molecule has 0 aliphatic carbocycles. The van der Waals surface area contributed by atoms with Gasteiger partial charge in [0.25, 0.3) is 5.78 Å². The van der Waals surface area contributed by atoms with Gasteiger partial charge in [-0.1, -0.05) is 36.1 Å². The summed E-state index contributed by atoms with van der Waals surface area (Å²) in [7, 11) is 0. The van der Waals surface area contributed by atoms with Gasteiger partial charge in [-0.05, 0) is 48.2 Å². The van der Waals surface area contributed by atoms with Crippen molar-refractivity contribution < 1.29 is 24.6 Å². The fraction of sp³-hybridized carbons (Fsp3) is 0.345. The summed E-state index contributed by atoms with van der Waals surface area (Å²) in [6, 6.07) is 15.7. The number of nitrogens with one attached hydrogen (secondary N) is 1. The molecule has 2 aromatic rings. The molecule has 1 saturated heterocycles. The van der Waals surface area contributed by atoms with Crippen LogP contribution in [-0.4, -0.2) is 77.1 Å². The summed E-state index contributed by atoms with van der Waals surface area (Å²) < 4.78 is 0. The van der Waals surface area contributed by atoms with Crippen LogP contribution in [0.25, 0.3) is 0 Å². The van der Waals surface area contributed by atoms with Crippen LogP contribution in [0.1, 0.15) is 47.4 Å². The van der Waals surface area contributed by atoms with Gasteiger partial charge in [0.15, 0.2) is 0 Å². The zero-order valence-electron chi connectivity index (χ0n) is 21.0. The largest absolute Gasteiger partial charge is 0.396 e. The van der Waals surface area contributed by atoms with Crippen LogP contribution in [0.4, 0.5) is 0 Å². The van der Waals surface area contributed by atoms with E-state index in [0.29, 0.717) is 0 Å². The van der Waals surface area contributed by atoms with Gasteiger partial charge in [-0.15, -0.1) is 0 Å². The summed E-state index contributed by atoms with van der Waals surface area (Å²) >= 11 is 0. The van der Waals surface area contributed by atoms with Crippen LogP contribution < -0.4 is 5.32 Å². The Morgan fingerprint density at radius 1 is 1.00 bits per heavy atom. The molecule has 2 aliphatic heterocycles. The number of rotatable bonds is 8. The molecule has 3 N–H and O–H groups in total. The lowest BCUT2D eigenvalue weighted by Gasteiger charge is -2.32. The van der Waals surface area contributed by atoms with Gasteiger partial charge in [0.05, 0.1) is 12.3 Å². The molecule has 0 aromatic heterocycles. The first-order chi connectivity index (χ1) is 18.4. The number of likely N-dealkylation sites (tertiary alicyclic amines) is 1. The van der Waals surface area contributed by atoms with E-state index < -0.39 is 18.3 Å². The van der Waals surface area contributed by atoms with E-state index in [4.69, 9.17) is 5.11 Å². The van der Waals surface area contributed by atoms with Crippen molar-refractivity contribution in [2.75, 3.05) is 26.3 Å². The topological polar surface area (TPSA) is 132 Å². The van der Waals surface area contributed by atoms with E-state index in [2.05, 4.69) is 44.2 Å². The number of amides is 2. The van der Waals surface area contributed by atoms with Crippen LogP contribution in [0.15, 0.2) is 58.5 Å². The number of carbonyl (C=O) groups excluding carboxylic acids is 3. The molecule has 2 aliphatic rings. The third-order valence-electron chi connectivity index (χ3n) is 6.69. The molecule has 0 bridgehead atoms. The molecule has 1 atom stereocenters. The fourth-order valence-electron chi connectivity index (χ4n) is 4.50. The minimum absolute atomic E-state index is 0.104. The number of aliphatic hydroxyl groups excluding tert-OH is 2. The Morgan fingerprint density at radius 2 is 1.63 bits per heavy atom. The van der Waals surface area contributed by atoms with E-state index in [9.17, 15) is 19.5 Å². The number of carbonyl (C=O) groups is 3. The molecule has 2 aromatic carbocycles. The summed E-state index contributed by atoms with van der Waals surface area (Å²) in [6.07, 6.45) is 2.97. The molecule has 2 heterocycles. The van der Waals surface area contributed by atoms with Gasteiger partial charge in [-0.25, -0.2) is 4.99 Å². The van der Waals surface area contributed by atoms with Crippen molar-refractivity contribution in [1.29, 1.82) is 0 Å². The van der Waals surface area contributed by atoms with Gasteiger partial charge in [0.1, 0.15) is 12.9 Å². The number of hydrogen-bond donors (Lipinski definition) is 3. The first kappa shape index (κ1) is 27.1. The highest BCUT2D eigenvalue weighted by Gasteiger charge is 2.26. The minimum Gasteiger partial charge on any atom is -0.396 e. The third kappa shape index (κ3) is 7.29. The van der Waals surface area contributed by atoms with Crippen molar-refractivity contribution in [3.63, 3.8) is 0 Å². The van der Waals surface area contributed by atoms with Gasteiger partial charge in [0.2, 0.25) is 5.91 Å². The Balaban J connectivity index is 1.30. The quantitative estimate of drug-likeness (QED) is 0.358. The number of hydrogen-bond acceptors (Lipinski definition) is 7. The molecule has 2 amide bonds. The van der Waals surface area contributed by atoms with Gasteiger partial charge in [-0.3, -0.25) is 19.3 Å². The lowest BCUT2D eigenvalue weighted by Crippen LogP contribution is -2.45. The SMILES string of the molecule is O=C(CO)NC1CCN(Cc2ccc(C#Cc3ccc(C(CO)CC4=NC=NC(=O)C4=O)cc3)cc2)CC1. The highest BCUT2D eigenvalue weighted by Crippen LogP contribution is 2.21. The molecule has 1 unspecified atom stereocenters. The molecule has 196 valence electrons. The van der Waals surface area contributed by atoms with Gasteiger partial charge in [-0.2, -0.15) is 4.99 Å². The maximum absolute atomic E-state index is 11.9. The van der Waals surface area contributed by atoms with Crippen molar-refractivity contribution in [3.05, 3.63) is 70.8 Å². The number of Topliss-reactive ketones (excluding diaryl/α,β-unsaturated/α-hetero) is 1. The number of ketones is 1. The van der Waals surface area contributed by atoms with Crippen molar-refractivity contribution in [2.45, 2.75) is 37.8 Å². The highest BCUT2D eigenvalue weighted by molar-refractivity contribution is 6.66. The molecule has 0 saturated carbocycles. The summed E-state index contributed by atoms with van der Waals surface area (Å²) in [6.45, 7) is 1.96. The number of aliphatic hydroxyl groups is 2. The summed E-state index contributed by atoms with van der Waals surface area (Å²) in [5.41, 5.74) is 3.84. The first-order valence-corrected chi connectivity index (χ1v) is 12.6. The van der Waals surface area contributed by atoms with Crippen LogP contribution in [0, 0.1) is 11.8 Å². The number of benzene rings is 2. The maximum atomic E-state index is 11.9. The molecule has 9 nitrogen and oxygen atoms in total. The predicted molar refractivity (Wildman–Crippen MR) is 143 cm³/mol. The number of nitrogens with zero attached hydrogens (tertiary/aromatic N) is 3. The molecule has 9 heteroatoms. The van der Waals surface area contributed by atoms with Crippen molar-refractivity contribution in [2.24, 2.45) is 9.98 Å². The monoisotopic (exact) mass is 514 g/mol. The molecular weight excluding hydrogens is 484 g/mol. The second-order valence-electron chi connectivity index (χ2n) is 9.38. The first-order valence-electron chi connectivity index (χ1n) is 12.6. The highest BCUT2D eigenvalue weighted by atomic mass is 16.3. The lowest BCUT2D eigenvalue weighted by atomic mass is 9.92. The predicted octanol–water partition coefficient (Wildman–Crippen LogP) is 1.20. The van der Waals surface area contributed by atoms with Gasteiger partial charge < -0.3 is 15.5 Å². The Kier molecular flexibility index (Phi) is 9.27. The normalized spacial score (nSPS) is 16.9. The minimum atomic E-state index is -0.837. The molecule has 1 fully saturated rings. The second kappa shape index (κ2) is 13.0. The zero-order valence-corrected chi connectivity index (χ0v) is 21.0.